The molecule has 302 valence electrons. The summed E-state index contributed by atoms with van der Waals surface area (Å²) in [5, 5.41) is 10.1. The van der Waals surface area contributed by atoms with Crippen molar-refractivity contribution in [2.24, 2.45) is 0 Å². The molecule has 58 heavy (non-hydrogen) atoms. The number of amides is 4. The Bertz CT molecular complexity index is 2360. The molecule has 0 aliphatic carbocycles. The van der Waals surface area contributed by atoms with E-state index in [1.807, 2.05) is 34.0 Å². The van der Waals surface area contributed by atoms with Gasteiger partial charge in [-0.1, -0.05) is 18.2 Å². The number of nitrogens with zero attached hydrogens (tertiary/aromatic N) is 9. The number of halogens is 2. The maximum absolute atomic E-state index is 14.6. The largest absolute Gasteiger partial charge is 0.339 e. The Morgan fingerprint density at radius 2 is 1.71 bits per heavy atom. The highest BCUT2D eigenvalue weighted by Gasteiger charge is 2.38. The third-order valence-electron chi connectivity index (χ3n) is 11.4. The van der Waals surface area contributed by atoms with E-state index in [0.717, 1.165) is 69.4 Å². The van der Waals surface area contributed by atoms with E-state index >= 15 is 0 Å². The van der Waals surface area contributed by atoms with Gasteiger partial charge in [-0.2, -0.15) is 5.10 Å². The highest BCUT2D eigenvalue weighted by Crippen LogP contribution is 2.30. The standard InChI is InChI=1S/C28H33F2N9O.C13H12N2O3/c1-19-13-22(24(30)14-23(19)29)25-16-32-27(28-31-5-8-38(25)28)34-20-15-33-39(17-20)21-3-6-36(7-4-21)18-26(40)37-11-9-35(2)10-12-37;16-11-6-5-10(12(17)14-11)15-7-8-3-1-2-4-9(8)13(15)18/h5,8,13-17,21H,3-4,6-7,9-12,18H2,1-2H3,(H,32,34);1-4,10H,5-7H2,(H,14,16,17). The number of benzene rings is 2. The Hall–Kier alpha value is -6.07. The van der Waals surface area contributed by atoms with Crippen LogP contribution in [0.1, 0.15) is 53.2 Å². The lowest BCUT2D eigenvalue weighted by Crippen LogP contribution is -2.52. The molecular formula is C41H45F2N11O4. The van der Waals surface area contributed by atoms with Gasteiger partial charge >= 0.3 is 0 Å². The van der Waals surface area contributed by atoms with E-state index in [0.29, 0.717) is 47.8 Å². The number of anilines is 2. The average molecular weight is 794 g/mol. The molecule has 0 bridgehead atoms. The Labute approximate surface area is 333 Å². The van der Waals surface area contributed by atoms with Crippen LogP contribution in [0.5, 0.6) is 0 Å². The number of nitrogens with one attached hydrogen (secondary N) is 2. The highest BCUT2D eigenvalue weighted by atomic mass is 19.1. The molecule has 9 rings (SSSR count). The number of hydrogen-bond donors (Lipinski definition) is 2. The molecule has 4 aliphatic heterocycles. The Balaban J connectivity index is 0.000000217. The summed E-state index contributed by atoms with van der Waals surface area (Å²) in [5.74, 6) is -1.27. The number of aromatic nitrogens is 5. The zero-order valence-corrected chi connectivity index (χ0v) is 32.4. The van der Waals surface area contributed by atoms with Gasteiger partial charge in [0.1, 0.15) is 17.7 Å². The van der Waals surface area contributed by atoms with Gasteiger partial charge < -0.3 is 20.0 Å². The first-order valence-corrected chi connectivity index (χ1v) is 19.5. The minimum absolute atomic E-state index is 0.125. The molecule has 3 saturated heterocycles. The van der Waals surface area contributed by atoms with Crippen LogP contribution in [0, 0.1) is 18.6 Å². The minimum Gasteiger partial charge on any atom is -0.339 e. The second-order valence-corrected chi connectivity index (χ2v) is 15.3. The fourth-order valence-corrected chi connectivity index (χ4v) is 8.00. The van der Waals surface area contributed by atoms with Gasteiger partial charge in [0.15, 0.2) is 11.5 Å². The van der Waals surface area contributed by atoms with Crippen LogP contribution in [0.2, 0.25) is 0 Å². The molecule has 0 saturated carbocycles. The number of likely N-dealkylation sites (N-methyl/N-ethyl adjacent to an activating group) is 1. The Kier molecular flexibility index (Phi) is 11.0. The number of carbonyl (C=O) groups is 4. The van der Waals surface area contributed by atoms with Crippen molar-refractivity contribution in [2.75, 3.05) is 58.2 Å². The Morgan fingerprint density at radius 3 is 2.47 bits per heavy atom. The molecule has 5 aromatic rings. The number of aryl methyl sites for hydroxylation is 1. The van der Waals surface area contributed by atoms with Gasteiger partial charge in [0.05, 0.1) is 36.4 Å². The van der Waals surface area contributed by atoms with E-state index in [9.17, 15) is 28.0 Å². The van der Waals surface area contributed by atoms with Crippen molar-refractivity contribution in [2.45, 2.75) is 51.2 Å². The van der Waals surface area contributed by atoms with Crippen LogP contribution in [0.3, 0.4) is 0 Å². The van der Waals surface area contributed by atoms with E-state index < -0.39 is 17.7 Å². The number of hydrogen-bond acceptors (Lipinski definition) is 10. The number of imidazole rings is 1. The van der Waals surface area contributed by atoms with Crippen molar-refractivity contribution in [3.8, 4) is 11.3 Å². The zero-order chi connectivity index (χ0) is 40.5. The normalized spacial score (nSPS) is 19.2. The van der Waals surface area contributed by atoms with Gasteiger partial charge in [-0.05, 0) is 56.5 Å². The average Bonchev–Trinajstić information content (AvgIpc) is 3.98. The number of piperidine rings is 2. The summed E-state index contributed by atoms with van der Waals surface area (Å²) < 4.78 is 32.1. The molecule has 17 heteroatoms. The second-order valence-electron chi connectivity index (χ2n) is 15.3. The van der Waals surface area contributed by atoms with Gasteiger partial charge in [0.25, 0.3) is 5.91 Å². The summed E-state index contributed by atoms with van der Waals surface area (Å²) in [6.07, 6.45) is 11.1. The van der Waals surface area contributed by atoms with Gasteiger partial charge in [0.2, 0.25) is 17.7 Å². The molecular weight excluding hydrogens is 749 g/mol. The first kappa shape index (κ1) is 38.8. The summed E-state index contributed by atoms with van der Waals surface area (Å²) in [5.41, 5.74) is 3.96. The fourth-order valence-electron chi connectivity index (χ4n) is 8.00. The third kappa shape index (κ3) is 8.04. The molecule has 2 N–H and O–H groups in total. The Morgan fingerprint density at radius 1 is 0.931 bits per heavy atom. The van der Waals surface area contributed by atoms with Crippen molar-refractivity contribution < 1.29 is 28.0 Å². The van der Waals surface area contributed by atoms with Gasteiger partial charge in [0, 0.05) is 88.0 Å². The molecule has 15 nitrogen and oxygen atoms in total. The molecule has 3 fully saturated rings. The zero-order valence-electron chi connectivity index (χ0n) is 32.4. The van der Waals surface area contributed by atoms with Gasteiger partial charge in [-0.15, -0.1) is 0 Å². The van der Waals surface area contributed by atoms with E-state index in [2.05, 4.69) is 42.5 Å². The smallest absolute Gasteiger partial charge is 0.255 e. The second kappa shape index (κ2) is 16.4. The van der Waals surface area contributed by atoms with E-state index in [4.69, 9.17) is 0 Å². The van der Waals surface area contributed by atoms with Crippen molar-refractivity contribution in [1.82, 2.24) is 49.1 Å². The molecule has 1 atom stereocenters. The van der Waals surface area contributed by atoms with E-state index in [1.54, 1.807) is 47.1 Å². The number of imide groups is 1. The monoisotopic (exact) mass is 793 g/mol. The lowest BCUT2D eigenvalue weighted by atomic mass is 10.0. The van der Waals surface area contributed by atoms with Gasteiger partial charge in [-0.3, -0.25) is 38.5 Å². The fraction of sp³-hybridized carbons (Fsp3) is 0.390. The number of likely N-dealkylation sites (tertiary alicyclic amines) is 1. The van der Waals surface area contributed by atoms with Crippen LogP contribution in [-0.2, 0) is 20.9 Å². The predicted octanol–water partition coefficient (Wildman–Crippen LogP) is 3.78. The SMILES string of the molecule is Cc1cc(-c2cnc(Nc3cnn(C4CCN(CC(=O)N5CCN(C)CC5)CC4)c3)c3nccn23)c(F)cc1F.O=C1CCC(N2Cc3ccccc3C2=O)C(=O)N1. The third-order valence-corrected chi connectivity index (χ3v) is 11.4. The van der Waals surface area contributed by atoms with Crippen LogP contribution < -0.4 is 10.6 Å². The molecule has 1 unspecified atom stereocenters. The quantitative estimate of drug-likeness (QED) is 0.233. The molecule has 4 amide bonds. The van der Waals surface area contributed by atoms with Crippen molar-refractivity contribution in [3.63, 3.8) is 0 Å². The summed E-state index contributed by atoms with van der Waals surface area (Å²) in [6, 6.07) is 9.43. The summed E-state index contributed by atoms with van der Waals surface area (Å²) in [4.78, 5) is 64.7. The lowest BCUT2D eigenvalue weighted by molar-refractivity contribution is -0.137. The molecule has 3 aromatic heterocycles. The van der Waals surface area contributed by atoms with E-state index in [-0.39, 0.29) is 41.7 Å². The summed E-state index contributed by atoms with van der Waals surface area (Å²) in [7, 11) is 2.09. The number of carbonyl (C=O) groups excluding carboxylic acids is 4. The van der Waals surface area contributed by atoms with Crippen LogP contribution in [0.4, 0.5) is 20.3 Å². The minimum atomic E-state index is -0.656. The first-order chi connectivity index (χ1) is 28.0. The van der Waals surface area contributed by atoms with Crippen molar-refractivity contribution >= 4 is 40.8 Å². The first-order valence-electron chi connectivity index (χ1n) is 19.5. The molecule has 0 spiro atoms. The van der Waals surface area contributed by atoms with Gasteiger partial charge in [-0.25, -0.2) is 18.7 Å². The molecule has 0 radical (unpaired) electrons. The van der Waals surface area contributed by atoms with Crippen LogP contribution in [-0.4, -0.2) is 126 Å². The summed E-state index contributed by atoms with van der Waals surface area (Å²) in [6.45, 7) is 7.70. The van der Waals surface area contributed by atoms with Crippen molar-refractivity contribution in [3.05, 3.63) is 95.7 Å². The maximum atomic E-state index is 14.6. The summed E-state index contributed by atoms with van der Waals surface area (Å²) >= 11 is 0. The van der Waals surface area contributed by atoms with Crippen LogP contribution >= 0.6 is 0 Å². The molecule has 4 aliphatic rings. The number of piperazine rings is 1. The predicted molar refractivity (Wildman–Crippen MR) is 210 cm³/mol. The van der Waals surface area contributed by atoms with Crippen LogP contribution in [0.25, 0.3) is 16.9 Å². The maximum Gasteiger partial charge on any atom is 0.255 e. The molecule has 7 heterocycles. The molecule has 2 aromatic carbocycles. The lowest BCUT2D eigenvalue weighted by Gasteiger charge is -2.36. The van der Waals surface area contributed by atoms with Crippen molar-refractivity contribution in [1.29, 1.82) is 0 Å². The topological polar surface area (TPSA) is 153 Å². The highest BCUT2D eigenvalue weighted by molar-refractivity contribution is 6.05. The number of rotatable bonds is 7. The van der Waals surface area contributed by atoms with Crippen LogP contribution in [0.15, 0.2) is 67.4 Å². The van der Waals surface area contributed by atoms with E-state index in [1.165, 1.54) is 6.07 Å². The number of fused-ring (bicyclic) bond motifs is 2.